The third-order valence-corrected chi connectivity index (χ3v) is 1.38. The highest BCUT2D eigenvalue weighted by molar-refractivity contribution is 7.31. The molecule has 0 bridgehead atoms. The zero-order chi connectivity index (χ0) is 5.11. The van der Waals surface area contributed by atoms with Gasteiger partial charge in [0.2, 0.25) is 0 Å². The molecule has 0 saturated carbocycles. The molecule has 1 N–H and O–H groups in total. The van der Waals surface area contributed by atoms with Gasteiger partial charge in [-0.05, 0) is 20.1 Å². The standard InChI is InChI=1S/C5H5OP/c6-5-3-1-2-4-7-5/h1-4,6H. The van der Waals surface area contributed by atoms with Gasteiger partial charge in [-0.2, -0.15) is 0 Å². The summed E-state index contributed by atoms with van der Waals surface area (Å²) >= 11 is 0. The van der Waals surface area contributed by atoms with Crippen LogP contribution in [-0.4, -0.2) is 5.11 Å². The van der Waals surface area contributed by atoms with Crippen LogP contribution in [-0.2, 0) is 0 Å². The van der Waals surface area contributed by atoms with E-state index in [2.05, 4.69) is 0 Å². The highest BCUT2D eigenvalue weighted by atomic mass is 31.0. The first-order valence-electron chi connectivity index (χ1n) is 1.99. The minimum atomic E-state index is 0.419. The Bertz CT molecular complexity index is 138. The van der Waals surface area contributed by atoms with E-state index in [0.29, 0.717) is 5.48 Å². The summed E-state index contributed by atoms with van der Waals surface area (Å²) in [6.07, 6.45) is 0. The maximum atomic E-state index is 8.68. The van der Waals surface area contributed by atoms with Crippen molar-refractivity contribution < 1.29 is 5.11 Å². The van der Waals surface area contributed by atoms with Crippen molar-refractivity contribution in [3.8, 4) is 5.48 Å². The molecule has 2 heteroatoms. The molecule has 36 valence electrons. The molecule has 7 heavy (non-hydrogen) atoms. The van der Waals surface area contributed by atoms with E-state index in [1.54, 1.807) is 6.07 Å². The molecular weight excluding hydrogens is 107 g/mol. The second-order valence-electron chi connectivity index (χ2n) is 1.19. The second kappa shape index (κ2) is 1.94. The molecule has 1 heterocycles. The van der Waals surface area contributed by atoms with Crippen molar-refractivity contribution in [3.05, 3.63) is 24.0 Å². The lowest BCUT2D eigenvalue weighted by Gasteiger charge is -1.81. The Hall–Kier alpha value is -0.550. The van der Waals surface area contributed by atoms with Crippen LogP contribution in [0.1, 0.15) is 0 Å². The van der Waals surface area contributed by atoms with Crippen molar-refractivity contribution in [1.29, 1.82) is 0 Å². The normalized spacial score (nSPS) is 9.71. The number of rotatable bonds is 0. The Morgan fingerprint density at radius 3 is 2.57 bits per heavy atom. The van der Waals surface area contributed by atoms with E-state index < -0.39 is 0 Å². The van der Waals surface area contributed by atoms with Crippen molar-refractivity contribution in [2.24, 2.45) is 0 Å². The summed E-state index contributed by atoms with van der Waals surface area (Å²) in [5.74, 6) is 1.88. The van der Waals surface area contributed by atoms with Gasteiger partial charge < -0.3 is 5.11 Å². The topological polar surface area (TPSA) is 20.2 Å². The summed E-state index contributed by atoms with van der Waals surface area (Å²) < 4.78 is 0. The van der Waals surface area contributed by atoms with Crippen molar-refractivity contribution in [2.45, 2.75) is 0 Å². The summed E-state index contributed by atoms with van der Waals surface area (Å²) in [4.78, 5) is 0. The zero-order valence-electron chi connectivity index (χ0n) is 3.70. The number of hydrogen-bond donors (Lipinski definition) is 1. The molecule has 0 amide bonds. The minimum Gasteiger partial charge on any atom is -0.504 e. The third-order valence-electron chi connectivity index (χ3n) is 0.649. The van der Waals surface area contributed by atoms with Crippen LogP contribution in [0.3, 0.4) is 0 Å². The molecule has 0 unspecified atom stereocenters. The molecule has 1 aromatic rings. The SMILES string of the molecule is Oc1ccccp1. The van der Waals surface area contributed by atoms with E-state index >= 15 is 0 Å². The Morgan fingerprint density at radius 1 is 1.43 bits per heavy atom. The minimum absolute atomic E-state index is 0.419. The predicted octanol–water partition coefficient (Wildman–Crippen LogP) is 1.97. The predicted molar refractivity (Wildman–Crippen MR) is 30.6 cm³/mol. The van der Waals surface area contributed by atoms with Gasteiger partial charge in [0, 0.05) is 0 Å². The van der Waals surface area contributed by atoms with Gasteiger partial charge in [0.15, 0.2) is 0 Å². The lowest BCUT2D eigenvalue weighted by atomic mass is 10.6. The summed E-state index contributed by atoms with van der Waals surface area (Å²) in [6, 6.07) is 5.40. The van der Waals surface area contributed by atoms with Gasteiger partial charge >= 0.3 is 0 Å². The van der Waals surface area contributed by atoms with Crippen molar-refractivity contribution in [2.75, 3.05) is 0 Å². The largest absolute Gasteiger partial charge is 0.504 e. The Labute approximate surface area is 43.7 Å². The molecule has 1 nitrogen and oxygen atoms in total. The number of hydrogen-bond acceptors (Lipinski definition) is 1. The summed E-state index contributed by atoms with van der Waals surface area (Å²) in [5.41, 5.74) is 0.419. The second-order valence-corrected chi connectivity index (χ2v) is 2.20. The van der Waals surface area contributed by atoms with Crippen LogP contribution in [0.5, 0.6) is 5.48 Å². The van der Waals surface area contributed by atoms with E-state index in [-0.39, 0.29) is 0 Å². The smallest absolute Gasteiger partial charge is 0.141 e. The fourth-order valence-corrected chi connectivity index (χ4v) is 0.864. The van der Waals surface area contributed by atoms with Crippen LogP contribution in [0.15, 0.2) is 24.0 Å². The quantitative estimate of drug-likeness (QED) is 0.544. The average Bonchev–Trinajstić information content (AvgIpc) is 1.69. The van der Waals surface area contributed by atoms with Gasteiger partial charge in [-0.3, -0.25) is 0 Å². The highest BCUT2D eigenvalue weighted by Gasteiger charge is 1.75. The lowest BCUT2D eigenvalue weighted by Crippen LogP contribution is -1.48. The summed E-state index contributed by atoms with van der Waals surface area (Å²) in [7, 11) is 0.902. The monoisotopic (exact) mass is 112 g/mol. The van der Waals surface area contributed by atoms with Crippen LogP contribution in [0.25, 0.3) is 0 Å². The van der Waals surface area contributed by atoms with Gasteiger partial charge in [-0.15, -0.1) is 0 Å². The lowest BCUT2D eigenvalue weighted by molar-refractivity contribution is 0.490. The molecule has 0 aliphatic heterocycles. The zero-order valence-corrected chi connectivity index (χ0v) is 4.60. The van der Waals surface area contributed by atoms with Crippen LogP contribution < -0.4 is 0 Å². The Kier molecular flexibility index (Phi) is 1.28. The fraction of sp³-hybridized carbons (Fsp3) is 0. The van der Waals surface area contributed by atoms with E-state index in [4.69, 9.17) is 5.11 Å². The molecule has 0 radical (unpaired) electrons. The van der Waals surface area contributed by atoms with Gasteiger partial charge in [-0.1, -0.05) is 12.1 Å². The van der Waals surface area contributed by atoms with Gasteiger partial charge in [0.25, 0.3) is 0 Å². The molecule has 0 aliphatic rings. The van der Waals surface area contributed by atoms with Gasteiger partial charge in [-0.25, -0.2) is 0 Å². The van der Waals surface area contributed by atoms with E-state index in [1.807, 2.05) is 17.9 Å². The van der Waals surface area contributed by atoms with Crippen molar-refractivity contribution in [3.63, 3.8) is 0 Å². The maximum Gasteiger partial charge on any atom is 0.141 e. The first-order chi connectivity index (χ1) is 3.39. The molecule has 1 rings (SSSR count). The first-order valence-corrected chi connectivity index (χ1v) is 2.96. The molecule has 0 atom stereocenters. The van der Waals surface area contributed by atoms with E-state index in [0.717, 1.165) is 8.19 Å². The van der Waals surface area contributed by atoms with E-state index in [9.17, 15) is 0 Å². The molecule has 1 aromatic heterocycles. The number of aromatic hydroxyl groups is 1. The molecule has 0 fully saturated rings. The maximum absolute atomic E-state index is 8.68. The Morgan fingerprint density at radius 2 is 2.29 bits per heavy atom. The molecule has 0 aliphatic carbocycles. The van der Waals surface area contributed by atoms with Crippen LogP contribution in [0.4, 0.5) is 0 Å². The third kappa shape index (κ3) is 1.17. The fourth-order valence-electron chi connectivity index (χ4n) is 0.354. The van der Waals surface area contributed by atoms with Crippen LogP contribution in [0.2, 0.25) is 0 Å². The summed E-state index contributed by atoms with van der Waals surface area (Å²) in [6.45, 7) is 0. The van der Waals surface area contributed by atoms with Gasteiger partial charge in [0.1, 0.15) is 5.48 Å². The van der Waals surface area contributed by atoms with E-state index in [1.165, 1.54) is 0 Å². The molecule has 0 spiro atoms. The van der Waals surface area contributed by atoms with Crippen molar-refractivity contribution >= 4 is 8.19 Å². The molecule has 0 saturated heterocycles. The molecule has 0 aromatic carbocycles. The summed E-state index contributed by atoms with van der Waals surface area (Å²) in [5, 5.41) is 8.68. The first kappa shape index (κ1) is 4.61. The average molecular weight is 112 g/mol. The Balaban J connectivity index is 3.02. The van der Waals surface area contributed by atoms with Gasteiger partial charge in [0.05, 0.1) is 0 Å². The van der Waals surface area contributed by atoms with Crippen LogP contribution in [0, 0.1) is 0 Å². The van der Waals surface area contributed by atoms with Crippen LogP contribution >= 0.6 is 8.19 Å². The van der Waals surface area contributed by atoms with Crippen molar-refractivity contribution in [1.82, 2.24) is 0 Å². The highest BCUT2D eigenvalue weighted by Crippen LogP contribution is 2.18. The molecular formula is C5H5OP.